The van der Waals surface area contributed by atoms with Crippen molar-refractivity contribution in [1.29, 1.82) is 0 Å². The summed E-state index contributed by atoms with van der Waals surface area (Å²) in [4.78, 5) is 19.4. The van der Waals surface area contributed by atoms with Gasteiger partial charge in [0.05, 0.1) is 5.51 Å². The number of rotatable bonds is 1. The van der Waals surface area contributed by atoms with Crippen LogP contribution in [0.1, 0.15) is 16.3 Å². The van der Waals surface area contributed by atoms with E-state index in [4.69, 9.17) is 5.73 Å². The van der Waals surface area contributed by atoms with Crippen LogP contribution in [0.25, 0.3) is 0 Å². The third kappa shape index (κ3) is 1.37. The van der Waals surface area contributed by atoms with Gasteiger partial charge in [0.1, 0.15) is 11.5 Å². The Bertz CT molecular complexity index is 460. The number of thiazole rings is 1. The van der Waals surface area contributed by atoms with E-state index in [1.165, 1.54) is 11.3 Å². The van der Waals surface area contributed by atoms with Crippen molar-refractivity contribution in [2.24, 2.45) is 0 Å². The molecule has 0 aliphatic rings. The Labute approximate surface area is 83.4 Å². The normalized spacial score (nSPS) is 10.4. The van der Waals surface area contributed by atoms with Crippen LogP contribution in [0.15, 0.2) is 10.9 Å². The molecule has 7 heteroatoms. The second-order valence-electron chi connectivity index (χ2n) is 2.61. The van der Waals surface area contributed by atoms with E-state index in [9.17, 15) is 4.79 Å². The summed E-state index contributed by atoms with van der Waals surface area (Å²) in [5, 5.41) is 5.50. The molecule has 2 heterocycles. The predicted molar refractivity (Wildman–Crippen MR) is 51.0 cm³/mol. The largest absolute Gasteiger partial charge is 0.368 e. The average molecular weight is 209 g/mol. The maximum absolute atomic E-state index is 11.7. The van der Waals surface area contributed by atoms with E-state index >= 15 is 0 Å². The van der Waals surface area contributed by atoms with Gasteiger partial charge in [-0.3, -0.25) is 4.79 Å². The van der Waals surface area contributed by atoms with Gasteiger partial charge in [-0.2, -0.15) is 9.67 Å². The molecule has 2 aromatic heterocycles. The van der Waals surface area contributed by atoms with Crippen molar-refractivity contribution in [2.75, 3.05) is 5.73 Å². The van der Waals surface area contributed by atoms with Gasteiger partial charge in [-0.25, -0.2) is 4.98 Å². The minimum absolute atomic E-state index is 0.0838. The molecule has 72 valence electrons. The molecule has 0 atom stereocenters. The Morgan fingerprint density at radius 1 is 1.64 bits per heavy atom. The molecule has 6 nitrogen and oxygen atoms in total. The van der Waals surface area contributed by atoms with Crippen molar-refractivity contribution in [2.45, 2.75) is 6.92 Å². The van der Waals surface area contributed by atoms with E-state index in [1.54, 1.807) is 17.8 Å². The van der Waals surface area contributed by atoms with E-state index in [0.29, 0.717) is 11.5 Å². The van der Waals surface area contributed by atoms with E-state index in [1.807, 2.05) is 0 Å². The zero-order chi connectivity index (χ0) is 10.1. The average Bonchev–Trinajstić information content (AvgIpc) is 2.73. The molecule has 0 amide bonds. The van der Waals surface area contributed by atoms with Crippen molar-refractivity contribution < 1.29 is 4.79 Å². The number of anilines is 1. The standard InChI is InChI=1S/C7H7N5OS/c1-4-10-7(8)12(11-4)6(13)5-2-14-3-9-5/h2-3H,1H3,(H2,8,10,11). The molecule has 0 aromatic carbocycles. The van der Waals surface area contributed by atoms with Gasteiger partial charge in [0.2, 0.25) is 5.95 Å². The summed E-state index contributed by atoms with van der Waals surface area (Å²) >= 11 is 1.34. The molecule has 2 N–H and O–H groups in total. The van der Waals surface area contributed by atoms with Crippen LogP contribution in [0.2, 0.25) is 0 Å². The smallest absolute Gasteiger partial charge is 0.300 e. The molecule has 0 aliphatic heterocycles. The van der Waals surface area contributed by atoms with Crippen LogP contribution in [0, 0.1) is 6.92 Å². The van der Waals surface area contributed by atoms with Crippen molar-refractivity contribution in [3.05, 3.63) is 22.4 Å². The number of nitrogens with zero attached hydrogens (tertiary/aromatic N) is 4. The van der Waals surface area contributed by atoms with Crippen molar-refractivity contribution in [3.63, 3.8) is 0 Å². The van der Waals surface area contributed by atoms with Gasteiger partial charge < -0.3 is 5.73 Å². The maximum Gasteiger partial charge on any atom is 0.300 e. The number of aryl methyl sites for hydroxylation is 1. The zero-order valence-corrected chi connectivity index (χ0v) is 8.15. The van der Waals surface area contributed by atoms with E-state index in [2.05, 4.69) is 15.1 Å². The quantitative estimate of drug-likeness (QED) is 0.730. The number of hydrogen-bond donors (Lipinski definition) is 1. The summed E-state index contributed by atoms with van der Waals surface area (Å²) in [5.41, 5.74) is 7.39. The van der Waals surface area contributed by atoms with Crippen LogP contribution in [0.5, 0.6) is 0 Å². The monoisotopic (exact) mass is 209 g/mol. The molecule has 2 rings (SSSR count). The maximum atomic E-state index is 11.7. The van der Waals surface area contributed by atoms with Gasteiger partial charge >= 0.3 is 5.91 Å². The lowest BCUT2D eigenvalue weighted by atomic mass is 10.5. The molecule has 0 bridgehead atoms. The Kier molecular flexibility index (Phi) is 2.01. The number of carbonyl (C=O) groups is 1. The summed E-state index contributed by atoms with van der Waals surface area (Å²) in [6, 6.07) is 0. The topological polar surface area (TPSA) is 86.7 Å². The highest BCUT2D eigenvalue weighted by Gasteiger charge is 2.15. The van der Waals surface area contributed by atoms with Crippen molar-refractivity contribution in [3.8, 4) is 0 Å². The van der Waals surface area contributed by atoms with Crippen LogP contribution < -0.4 is 5.73 Å². The lowest BCUT2D eigenvalue weighted by Gasteiger charge is -1.96. The Hall–Kier alpha value is -1.76. The van der Waals surface area contributed by atoms with Crippen LogP contribution >= 0.6 is 11.3 Å². The molecule has 0 spiro atoms. The second-order valence-corrected chi connectivity index (χ2v) is 3.33. The number of aromatic nitrogens is 4. The molecule has 0 saturated heterocycles. The highest BCUT2D eigenvalue weighted by atomic mass is 32.1. The van der Waals surface area contributed by atoms with Crippen LogP contribution in [0.3, 0.4) is 0 Å². The molecule has 0 fully saturated rings. The van der Waals surface area contributed by atoms with Crippen LogP contribution in [-0.4, -0.2) is 25.7 Å². The zero-order valence-electron chi connectivity index (χ0n) is 7.34. The van der Waals surface area contributed by atoms with Gasteiger partial charge in [-0.1, -0.05) is 0 Å². The first-order valence-electron chi connectivity index (χ1n) is 3.80. The van der Waals surface area contributed by atoms with Gasteiger partial charge in [-0.15, -0.1) is 16.4 Å². The van der Waals surface area contributed by atoms with E-state index in [-0.39, 0.29) is 11.9 Å². The lowest BCUT2D eigenvalue weighted by molar-refractivity contribution is 0.0943. The minimum Gasteiger partial charge on any atom is -0.368 e. The van der Waals surface area contributed by atoms with E-state index in [0.717, 1.165) is 4.68 Å². The lowest BCUT2D eigenvalue weighted by Crippen LogP contribution is -2.16. The molecular formula is C7H7N5OS. The Morgan fingerprint density at radius 3 is 2.93 bits per heavy atom. The first-order valence-corrected chi connectivity index (χ1v) is 4.75. The molecule has 0 unspecified atom stereocenters. The second kappa shape index (κ2) is 3.18. The molecule has 14 heavy (non-hydrogen) atoms. The van der Waals surface area contributed by atoms with Gasteiger partial charge in [-0.05, 0) is 6.92 Å². The number of hydrogen-bond acceptors (Lipinski definition) is 6. The first-order chi connectivity index (χ1) is 6.68. The molecule has 0 radical (unpaired) electrons. The summed E-state index contributed by atoms with van der Waals surface area (Å²) in [5.74, 6) is 0.191. The van der Waals surface area contributed by atoms with Gasteiger partial charge in [0.15, 0.2) is 0 Å². The fraction of sp³-hybridized carbons (Fsp3) is 0.143. The summed E-state index contributed by atoms with van der Waals surface area (Å²) in [7, 11) is 0. The highest BCUT2D eigenvalue weighted by molar-refractivity contribution is 7.07. The number of carbonyl (C=O) groups excluding carboxylic acids is 1. The predicted octanol–water partition coefficient (Wildman–Crippen LogP) is 0.314. The SMILES string of the molecule is Cc1nc(N)n(C(=O)c2cscn2)n1. The Balaban J connectivity index is 2.41. The number of nitrogen functional groups attached to an aromatic ring is 1. The Morgan fingerprint density at radius 2 is 2.43 bits per heavy atom. The van der Waals surface area contributed by atoms with Crippen LogP contribution in [-0.2, 0) is 0 Å². The molecular weight excluding hydrogens is 202 g/mol. The van der Waals surface area contributed by atoms with Crippen LogP contribution in [0.4, 0.5) is 5.95 Å². The van der Waals surface area contributed by atoms with Gasteiger partial charge in [0.25, 0.3) is 0 Å². The van der Waals surface area contributed by atoms with Gasteiger partial charge in [0, 0.05) is 5.38 Å². The number of nitrogens with two attached hydrogens (primary N) is 1. The molecule has 0 aliphatic carbocycles. The van der Waals surface area contributed by atoms with Crippen molar-refractivity contribution >= 4 is 23.2 Å². The third-order valence-corrected chi connectivity index (χ3v) is 2.17. The summed E-state index contributed by atoms with van der Waals surface area (Å²) in [6.07, 6.45) is 0. The first kappa shape index (κ1) is 8.82. The minimum atomic E-state index is -0.357. The third-order valence-electron chi connectivity index (χ3n) is 1.58. The van der Waals surface area contributed by atoms with Crippen molar-refractivity contribution in [1.82, 2.24) is 19.7 Å². The molecule has 0 saturated carbocycles. The van der Waals surface area contributed by atoms with E-state index < -0.39 is 0 Å². The summed E-state index contributed by atoms with van der Waals surface area (Å²) < 4.78 is 1.05. The molecule has 2 aromatic rings. The fourth-order valence-electron chi connectivity index (χ4n) is 1.01. The highest BCUT2D eigenvalue weighted by Crippen LogP contribution is 2.06. The summed E-state index contributed by atoms with van der Waals surface area (Å²) in [6.45, 7) is 1.67. The fourth-order valence-corrected chi connectivity index (χ4v) is 1.53.